The van der Waals surface area contributed by atoms with E-state index < -0.39 is 17.8 Å². The molecule has 0 bridgehead atoms. The van der Waals surface area contributed by atoms with Gasteiger partial charge in [0.1, 0.15) is 0 Å². The van der Waals surface area contributed by atoms with Crippen LogP contribution < -0.4 is 0 Å². The Morgan fingerprint density at radius 1 is 1.20 bits per heavy atom. The third kappa shape index (κ3) is 3.01. The highest BCUT2D eigenvalue weighted by Gasteiger charge is 2.30. The van der Waals surface area contributed by atoms with E-state index in [0.29, 0.717) is 5.56 Å². The van der Waals surface area contributed by atoms with Gasteiger partial charge in [-0.1, -0.05) is 12.1 Å². The fraction of sp³-hybridized carbons (Fsp3) is 0.357. The molecule has 6 heteroatoms. The van der Waals surface area contributed by atoms with Crippen molar-refractivity contribution in [2.75, 3.05) is 0 Å². The third-order valence-electron chi connectivity index (χ3n) is 3.34. The molecule has 2 aromatic rings. The smallest absolute Gasteiger partial charge is 0.387 e. The average Bonchev–Trinajstić information content (AvgIpc) is 2.70. The maximum atomic E-state index is 12.4. The van der Waals surface area contributed by atoms with Gasteiger partial charge in [0.25, 0.3) is 0 Å². The molecule has 3 nitrogen and oxygen atoms in total. The van der Waals surface area contributed by atoms with Gasteiger partial charge in [-0.2, -0.15) is 13.2 Å². The van der Waals surface area contributed by atoms with Crippen LogP contribution in [0.5, 0.6) is 0 Å². The Labute approximate surface area is 114 Å². The van der Waals surface area contributed by atoms with Gasteiger partial charge in [0.15, 0.2) is 0 Å². The van der Waals surface area contributed by atoms with Crippen LogP contribution in [0.4, 0.5) is 13.2 Å². The summed E-state index contributed by atoms with van der Waals surface area (Å²) in [6.07, 6.45) is -3.62. The molecule has 1 heterocycles. The summed E-state index contributed by atoms with van der Waals surface area (Å²) in [6, 6.07) is 4.55. The van der Waals surface area contributed by atoms with Gasteiger partial charge in [-0.3, -0.25) is 0 Å². The van der Waals surface area contributed by atoms with Gasteiger partial charge in [0, 0.05) is 5.69 Å². The van der Waals surface area contributed by atoms with Crippen molar-refractivity contribution in [2.45, 2.75) is 32.7 Å². The van der Waals surface area contributed by atoms with Crippen molar-refractivity contribution < 1.29 is 18.3 Å². The Balaban J connectivity index is 2.13. The van der Waals surface area contributed by atoms with Crippen LogP contribution in [0.1, 0.15) is 28.6 Å². The van der Waals surface area contributed by atoms with Crippen molar-refractivity contribution in [3.05, 3.63) is 53.1 Å². The second-order valence-corrected chi connectivity index (χ2v) is 4.70. The van der Waals surface area contributed by atoms with Gasteiger partial charge in [0.05, 0.1) is 30.2 Å². The van der Waals surface area contributed by atoms with E-state index >= 15 is 0 Å². The molecule has 2 rings (SSSR count). The molecule has 0 aliphatic heterocycles. The lowest BCUT2D eigenvalue weighted by atomic mass is 10.1. The van der Waals surface area contributed by atoms with Crippen molar-refractivity contribution in [2.24, 2.45) is 0 Å². The van der Waals surface area contributed by atoms with E-state index in [2.05, 4.69) is 4.98 Å². The summed E-state index contributed by atoms with van der Waals surface area (Å²) in [5.41, 5.74) is 1.52. The Bertz CT molecular complexity index is 587. The molecule has 1 aromatic carbocycles. The normalized spacial score (nSPS) is 13.5. The summed E-state index contributed by atoms with van der Waals surface area (Å²) in [5, 5.41) is 10.1. The van der Waals surface area contributed by atoms with E-state index in [9.17, 15) is 18.3 Å². The molecule has 0 aliphatic rings. The number of imidazole rings is 1. The molecule has 0 amide bonds. The van der Waals surface area contributed by atoms with Crippen molar-refractivity contribution >= 4 is 0 Å². The SMILES string of the molecule is Cc1ncn(CC(O)c2ccc(C(F)(F)F)cc2)c1C. The minimum atomic E-state index is -4.36. The summed E-state index contributed by atoms with van der Waals surface area (Å²) in [4.78, 5) is 4.11. The zero-order valence-electron chi connectivity index (χ0n) is 11.1. The fourth-order valence-electron chi connectivity index (χ4n) is 1.91. The molecule has 0 aliphatic carbocycles. The first-order valence-corrected chi connectivity index (χ1v) is 6.12. The van der Waals surface area contributed by atoms with Crippen LogP contribution in [0.25, 0.3) is 0 Å². The molecule has 0 radical (unpaired) electrons. The van der Waals surface area contributed by atoms with Gasteiger partial charge >= 0.3 is 6.18 Å². The second-order valence-electron chi connectivity index (χ2n) is 4.70. The molecule has 1 N–H and O–H groups in total. The molecule has 0 saturated carbocycles. The largest absolute Gasteiger partial charge is 0.416 e. The standard InChI is InChI=1S/C14H15F3N2O/c1-9-10(2)19(8-18-9)7-13(20)11-3-5-12(6-4-11)14(15,16)17/h3-6,8,13,20H,7H2,1-2H3. The van der Waals surface area contributed by atoms with E-state index in [1.54, 1.807) is 10.9 Å². The molecule has 20 heavy (non-hydrogen) atoms. The lowest BCUT2D eigenvalue weighted by Gasteiger charge is -2.14. The van der Waals surface area contributed by atoms with Gasteiger partial charge < -0.3 is 9.67 Å². The van der Waals surface area contributed by atoms with Crippen LogP contribution in [0.15, 0.2) is 30.6 Å². The van der Waals surface area contributed by atoms with E-state index in [-0.39, 0.29) is 6.54 Å². The van der Waals surface area contributed by atoms with Crippen molar-refractivity contribution in [3.8, 4) is 0 Å². The average molecular weight is 284 g/mol. The molecule has 0 fully saturated rings. The number of aryl methyl sites for hydroxylation is 1. The quantitative estimate of drug-likeness (QED) is 0.939. The highest BCUT2D eigenvalue weighted by atomic mass is 19.4. The zero-order chi connectivity index (χ0) is 14.9. The van der Waals surface area contributed by atoms with Crippen molar-refractivity contribution in [3.63, 3.8) is 0 Å². The van der Waals surface area contributed by atoms with Crippen molar-refractivity contribution in [1.82, 2.24) is 9.55 Å². The first-order chi connectivity index (χ1) is 9.29. The maximum Gasteiger partial charge on any atom is 0.416 e. The maximum absolute atomic E-state index is 12.4. The molecular weight excluding hydrogens is 269 g/mol. The number of nitrogens with zero attached hydrogens (tertiary/aromatic N) is 2. The topological polar surface area (TPSA) is 38.0 Å². The molecule has 0 saturated heterocycles. The summed E-state index contributed by atoms with van der Waals surface area (Å²) < 4.78 is 39.1. The Morgan fingerprint density at radius 2 is 1.80 bits per heavy atom. The summed E-state index contributed by atoms with van der Waals surface area (Å²) in [7, 11) is 0. The molecule has 108 valence electrons. The predicted molar refractivity (Wildman–Crippen MR) is 68.1 cm³/mol. The van der Waals surface area contributed by atoms with E-state index in [4.69, 9.17) is 0 Å². The minimum absolute atomic E-state index is 0.262. The number of hydrogen-bond donors (Lipinski definition) is 1. The van der Waals surface area contributed by atoms with Gasteiger partial charge in [0.2, 0.25) is 0 Å². The Kier molecular flexibility index (Phi) is 3.85. The molecule has 1 aromatic heterocycles. The minimum Gasteiger partial charge on any atom is -0.387 e. The Morgan fingerprint density at radius 3 is 2.25 bits per heavy atom. The third-order valence-corrected chi connectivity index (χ3v) is 3.34. The van der Waals surface area contributed by atoms with Crippen LogP contribution in [0.3, 0.4) is 0 Å². The lowest BCUT2D eigenvalue weighted by Crippen LogP contribution is -2.10. The van der Waals surface area contributed by atoms with E-state index in [1.807, 2.05) is 13.8 Å². The fourth-order valence-corrected chi connectivity index (χ4v) is 1.91. The van der Waals surface area contributed by atoms with E-state index in [0.717, 1.165) is 23.5 Å². The van der Waals surface area contributed by atoms with Crippen molar-refractivity contribution in [1.29, 1.82) is 0 Å². The van der Waals surface area contributed by atoms with Crippen LogP contribution in [0.2, 0.25) is 0 Å². The highest BCUT2D eigenvalue weighted by molar-refractivity contribution is 5.26. The molecule has 1 unspecified atom stereocenters. The van der Waals surface area contributed by atoms with Crippen LogP contribution in [-0.2, 0) is 12.7 Å². The second kappa shape index (κ2) is 5.28. The number of hydrogen-bond acceptors (Lipinski definition) is 2. The summed E-state index contributed by atoms with van der Waals surface area (Å²) in [5.74, 6) is 0. The summed E-state index contributed by atoms with van der Waals surface area (Å²) in [6.45, 7) is 4.00. The number of alkyl halides is 3. The highest BCUT2D eigenvalue weighted by Crippen LogP contribution is 2.30. The van der Waals surface area contributed by atoms with Crippen LogP contribution in [0, 0.1) is 13.8 Å². The van der Waals surface area contributed by atoms with Crippen LogP contribution in [-0.4, -0.2) is 14.7 Å². The van der Waals surface area contributed by atoms with Crippen LogP contribution >= 0.6 is 0 Å². The monoisotopic (exact) mass is 284 g/mol. The number of aliphatic hydroxyl groups excluding tert-OH is 1. The number of rotatable bonds is 3. The summed E-state index contributed by atoms with van der Waals surface area (Å²) >= 11 is 0. The first-order valence-electron chi connectivity index (χ1n) is 6.12. The first kappa shape index (κ1) is 14.6. The molecule has 0 spiro atoms. The predicted octanol–water partition coefficient (Wildman–Crippen LogP) is 3.25. The Hall–Kier alpha value is -1.82. The number of aliphatic hydroxyl groups is 1. The number of benzene rings is 1. The number of aromatic nitrogens is 2. The van der Waals surface area contributed by atoms with Gasteiger partial charge in [-0.25, -0.2) is 4.98 Å². The number of halogens is 3. The van der Waals surface area contributed by atoms with Gasteiger partial charge in [-0.15, -0.1) is 0 Å². The van der Waals surface area contributed by atoms with E-state index in [1.165, 1.54) is 12.1 Å². The molecule has 1 atom stereocenters. The lowest BCUT2D eigenvalue weighted by molar-refractivity contribution is -0.137. The zero-order valence-corrected chi connectivity index (χ0v) is 11.1. The van der Waals surface area contributed by atoms with Gasteiger partial charge in [-0.05, 0) is 31.5 Å². The molecular formula is C14H15F3N2O.